The first-order chi connectivity index (χ1) is 5.27. The van der Waals surface area contributed by atoms with Gasteiger partial charge in [-0.2, -0.15) is 0 Å². The van der Waals surface area contributed by atoms with E-state index in [1.165, 1.54) is 0 Å². The molecule has 2 fully saturated rings. The topological polar surface area (TPSA) is 34.1 Å². The van der Waals surface area contributed by atoms with Crippen LogP contribution in [0.1, 0.15) is 25.7 Å². The Kier molecular flexibility index (Phi) is 1.75. The molecule has 2 rings (SSSR count). The van der Waals surface area contributed by atoms with Crippen molar-refractivity contribution in [3.05, 3.63) is 0 Å². The summed E-state index contributed by atoms with van der Waals surface area (Å²) < 4.78 is 0. The fourth-order valence-corrected chi connectivity index (χ4v) is 3.12. The van der Waals surface area contributed by atoms with Crippen molar-refractivity contribution in [2.75, 3.05) is 0 Å². The van der Waals surface area contributed by atoms with Gasteiger partial charge in [-0.1, -0.05) is 0 Å². The number of carbonyl (C=O) groups excluding carboxylic acids is 2. The van der Waals surface area contributed by atoms with Crippen molar-refractivity contribution >= 4 is 23.3 Å². The molecule has 2 aliphatic heterocycles. The molecule has 2 saturated heterocycles. The number of hydrogen-bond donors (Lipinski definition) is 0. The molecule has 2 atom stereocenters. The summed E-state index contributed by atoms with van der Waals surface area (Å²) in [6, 6.07) is 0. The molecule has 2 bridgehead atoms. The van der Waals surface area contributed by atoms with Crippen LogP contribution in [0, 0.1) is 0 Å². The summed E-state index contributed by atoms with van der Waals surface area (Å²) >= 11 is 1.59. The van der Waals surface area contributed by atoms with E-state index in [1.807, 2.05) is 0 Å². The molecular formula is C8H10O2S. The first-order valence-corrected chi connectivity index (χ1v) is 4.92. The minimum Gasteiger partial charge on any atom is -0.298 e. The van der Waals surface area contributed by atoms with E-state index in [-0.39, 0.29) is 10.5 Å². The Labute approximate surface area is 69.7 Å². The van der Waals surface area contributed by atoms with E-state index < -0.39 is 0 Å². The first kappa shape index (κ1) is 7.35. The lowest BCUT2D eigenvalue weighted by Crippen LogP contribution is -2.36. The molecule has 0 saturated carbocycles. The standard InChI is InChI=1S/C8H10O2S/c9-5-1-3-7-6(10)2-4-8(5)11-7/h7-8H,1-4H2/t7-,8-/m1/s1. The third-order valence-electron chi connectivity index (χ3n) is 2.35. The number of rotatable bonds is 0. The largest absolute Gasteiger partial charge is 0.298 e. The highest BCUT2D eigenvalue weighted by atomic mass is 32.2. The van der Waals surface area contributed by atoms with Crippen LogP contribution in [0.25, 0.3) is 0 Å². The highest BCUT2D eigenvalue weighted by Gasteiger charge is 2.36. The summed E-state index contributed by atoms with van der Waals surface area (Å²) in [6.07, 6.45) is 2.85. The molecule has 0 aromatic heterocycles. The lowest BCUT2D eigenvalue weighted by atomic mass is 9.97. The fourth-order valence-electron chi connectivity index (χ4n) is 1.68. The van der Waals surface area contributed by atoms with E-state index in [4.69, 9.17) is 0 Å². The lowest BCUT2D eigenvalue weighted by Gasteiger charge is -2.31. The molecule has 0 aromatic carbocycles. The number of thioether (sulfide) groups is 1. The molecule has 0 aromatic rings. The first-order valence-electron chi connectivity index (χ1n) is 3.98. The summed E-state index contributed by atoms with van der Waals surface area (Å²) in [7, 11) is 0. The molecule has 0 unspecified atom stereocenters. The molecule has 0 radical (unpaired) electrons. The van der Waals surface area contributed by atoms with Gasteiger partial charge in [-0.05, 0) is 12.8 Å². The minimum atomic E-state index is 0.159. The van der Waals surface area contributed by atoms with Crippen molar-refractivity contribution < 1.29 is 9.59 Å². The van der Waals surface area contributed by atoms with Gasteiger partial charge in [0, 0.05) is 12.8 Å². The Morgan fingerprint density at radius 3 is 1.91 bits per heavy atom. The Hall–Kier alpha value is -0.310. The average Bonchev–Trinajstić information content (AvgIpc) is 2.02. The third kappa shape index (κ3) is 1.22. The predicted molar refractivity (Wildman–Crippen MR) is 43.6 cm³/mol. The van der Waals surface area contributed by atoms with E-state index in [0.29, 0.717) is 24.4 Å². The van der Waals surface area contributed by atoms with Crippen molar-refractivity contribution in [2.45, 2.75) is 36.2 Å². The average molecular weight is 170 g/mol. The van der Waals surface area contributed by atoms with Gasteiger partial charge in [0.15, 0.2) is 0 Å². The SMILES string of the molecule is O=C1CC[C@H]2S[C@@H]1CCC2=O. The van der Waals surface area contributed by atoms with Crippen LogP contribution in [0.3, 0.4) is 0 Å². The third-order valence-corrected chi connectivity index (χ3v) is 4.01. The molecule has 2 heterocycles. The van der Waals surface area contributed by atoms with Crippen LogP contribution in [-0.4, -0.2) is 22.1 Å². The van der Waals surface area contributed by atoms with Gasteiger partial charge in [-0.15, -0.1) is 11.8 Å². The molecule has 0 amide bonds. The summed E-state index contributed by atoms with van der Waals surface area (Å²) in [5, 5.41) is 0.317. The van der Waals surface area contributed by atoms with Gasteiger partial charge in [0.05, 0.1) is 10.5 Å². The van der Waals surface area contributed by atoms with Gasteiger partial charge in [-0.3, -0.25) is 9.59 Å². The van der Waals surface area contributed by atoms with Crippen LogP contribution in [0.2, 0.25) is 0 Å². The number of Topliss-reactive ketones (excluding diaryl/α,β-unsaturated/α-hetero) is 2. The molecular weight excluding hydrogens is 160 g/mol. The van der Waals surface area contributed by atoms with E-state index in [9.17, 15) is 9.59 Å². The van der Waals surface area contributed by atoms with Crippen molar-refractivity contribution in [1.29, 1.82) is 0 Å². The summed E-state index contributed by atoms with van der Waals surface area (Å²) in [5.41, 5.74) is 0. The van der Waals surface area contributed by atoms with Crippen LogP contribution in [-0.2, 0) is 9.59 Å². The number of hydrogen-bond acceptors (Lipinski definition) is 3. The van der Waals surface area contributed by atoms with Crippen LogP contribution in [0.4, 0.5) is 0 Å². The molecule has 2 aliphatic rings. The lowest BCUT2D eigenvalue weighted by molar-refractivity contribution is -0.122. The van der Waals surface area contributed by atoms with Crippen molar-refractivity contribution in [3.63, 3.8) is 0 Å². The maximum Gasteiger partial charge on any atom is 0.145 e. The summed E-state index contributed by atoms with van der Waals surface area (Å²) in [5.74, 6) is 0.720. The Balaban J connectivity index is 2.14. The maximum absolute atomic E-state index is 11.2. The molecule has 0 N–H and O–H groups in total. The number of fused-ring (bicyclic) bond motifs is 2. The van der Waals surface area contributed by atoms with Gasteiger partial charge in [-0.25, -0.2) is 0 Å². The summed E-state index contributed by atoms with van der Waals surface area (Å²) in [4.78, 5) is 22.4. The van der Waals surface area contributed by atoms with Gasteiger partial charge in [0.25, 0.3) is 0 Å². The molecule has 60 valence electrons. The van der Waals surface area contributed by atoms with Gasteiger partial charge in [0.2, 0.25) is 0 Å². The van der Waals surface area contributed by atoms with Crippen LogP contribution < -0.4 is 0 Å². The molecule has 0 aliphatic carbocycles. The van der Waals surface area contributed by atoms with Crippen molar-refractivity contribution in [3.8, 4) is 0 Å². The quantitative estimate of drug-likeness (QED) is 0.547. The molecule has 11 heavy (non-hydrogen) atoms. The summed E-state index contributed by atoms with van der Waals surface area (Å²) in [6.45, 7) is 0. The van der Waals surface area contributed by atoms with Crippen LogP contribution in [0.15, 0.2) is 0 Å². The van der Waals surface area contributed by atoms with E-state index in [0.717, 1.165) is 12.8 Å². The highest BCUT2D eigenvalue weighted by Crippen LogP contribution is 2.37. The number of ketones is 2. The zero-order valence-corrected chi connectivity index (χ0v) is 7.02. The Morgan fingerprint density at radius 1 is 1.00 bits per heavy atom. The van der Waals surface area contributed by atoms with Crippen LogP contribution in [0.5, 0.6) is 0 Å². The molecule has 0 spiro atoms. The molecule has 2 nitrogen and oxygen atoms in total. The smallest absolute Gasteiger partial charge is 0.145 e. The Bertz CT molecular complexity index is 190. The second kappa shape index (κ2) is 2.63. The van der Waals surface area contributed by atoms with E-state index >= 15 is 0 Å². The Morgan fingerprint density at radius 2 is 1.45 bits per heavy atom. The van der Waals surface area contributed by atoms with E-state index in [1.54, 1.807) is 11.8 Å². The van der Waals surface area contributed by atoms with Crippen molar-refractivity contribution in [2.24, 2.45) is 0 Å². The maximum atomic E-state index is 11.2. The van der Waals surface area contributed by atoms with Gasteiger partial charge in [0.1, 0.15) is 11.6 Å². The second-order valence-electron chi connectivity index (χ2n) is 3.12. The second-order valence-corrected chi connectivity index (χ2v) is 4.53. The monoisotopic (exact) mass is 170 g/mol. The fraction of sp³-hybridized carbons (Fsp3) is 0.750. The zero-order valence-electron chi connectivity index (χ0n) is 6.21. The minimum absolute atomic E-state index is 0.159. The zero-order chi connectivity index (χ0) is 7.84. The normalized spacial score (nSPS) is 37.5. The van der Waals surface area contributed by atoms with Gasteiger partial charge < -0.3 is 0 Å². The predicted octanol–water partition coefficient (Wildman–Crippen LogP) is 1.18. The van der Waals surface area contributed by atoms with Crippen molar-refractivity contribution in [1.82, 2.24) is 0 Å². The molecule has 3 heteroatoms. The van der Waals surface area contributed by atoms with Crippen LogP contribution >= 0.6 is 11.8 Å². The highest BCUT2D eigenvalue weighted by molar-refractivity contribution is 8.02. The van der Waals surface area contributed by atoms with Gasteiger partial charge >= 0.3 is 0 Å². The number of carbonyl (C=O) groups is 2. The van der Waals surface area contributed by atoms with E-state index in [2.05, 4.69) is 0 Å².